The van der Waals surface area contributed by atoms with Crippen LogP contribution in [-0.4, -0.2) is 89.0 Å². The fourth-order valence-corrected chi connectivity index (χ4v) is 2.34. The lowest BCUT2D eigenvalue weighted by Gasteiger charge is -2.34. The van der Waals surface area contributed by atoms with Crippen LogP contribution in [0.5, 0.6) is 0 Å². The molecule has 1 N–H and O–H groups in total. The van der Waals surface area contributed by atoms with Gasteiger partial charge in [-0.3, -0.25) is 4.99 Å². The monoisotopic (exact) mass is 442 g/mol. The van der Waals surface area contributed by atoms with Gasteiger partial charge < -0.3 is 24.6 Å². The maximum absolute atomic E-state index is 5.65. The van der Waals surface area contributed by atoms with Gasteiger partial charge in [-0.15, -0.1) is 24.0 Å². The zero-order valence-corrected chi connectivity index (χ0v) is 17.9. The minimum atomic E-state index is 0. The number of hydrogen-bond donors (Lipinski definition) is 1. The number of halogens is 1. The van der Waals surface area contributed by atoms with Crippen molar-refractivity contribution in [2.45, 2.75) is 25.8 Å². The third kappa shape index (κ3) is 8.00. The summed E-state index contributed by atoms with van der Waals surface area (Å²) < 4.78 is 10.6. The third-order valence-electron chi connectivity index (χ3n) is 4.47. The minimum Gasteiger partial charge on any atom is -0.382 e. The van der Waals surface area contributed by atoms with Crippen LogP contribution in [-0.2, 0) is 9.47 Å². The minimum absolute atomic E-state index is 0. The van der Waals surface area contributed by atoms with E-state index in [9.17, 15) is 0 Å². The molecule has 1 unspecified atom stereocenters. The van der Waals surface area contributed by atoms with Crippen LogP contribution in [0.25, 0.3) is 0 Å². The van der Waals surface area contributed by atoms with Crippen LogP contribution in [0.15, 0.2) is 4.99 Å². The maximum atomic E-state index is 5.65. The number of methoxy groups -OCH3 is 1. The van der Waals surface area contributed by atoms with Gasteiger partial charge in [-0.1, -0.05) is 0 Å². The Morgan fingerprint density at radius 1 is 1.35 bits per heavy atom. The second-order valence-electron chi connectivity index (χ2n) is 6.78. The first-order valence-corrected chi connectivity index (χ1v) is 8.10. The summed E-state index contributed by atoms with van der Waals surface area (Å²) in [6, 6.07) is 0. The van der Waals surface area contributed by atoms with Gasteiger partial charge in [-0.25, -0.2) is 0 Å². The normalized spacial score (nSPS) is 19.2. The summed E-state index contributed by atoms with van der Waals surface area (Å²) in [5.41, 5.74) is 0.0956. The van der Waals surface area contributed by atoms with E-state index in [1.165, 1.54) is 0 Å². The summed E-state index contributed by atoms with van der Waals surface area (Å²) in [5.74, 6) is 1.58. The number of rotatable bonds is 8. The molecule has 1 saturated heterocycles. The van der Waals surface area contributed by atoms with Crippen LogP contribution >= 0.6 is 24.0 Å². The molecule has 1 aliphatic heterocycles. The van der Waals surface area contributed by atoms with E-state index in [1.54, 1.807) is 7.11 Å². The van der Waals surface area contributed by atoms with E-state index < -0.39 is 0 Å². The van der Waals surface area contributed by atoms with Crippen molar-refractivity contribution in [1.29, 1.82) is 0 Å². The number of nitrogens with zero attached hydrogens (tertiary/aromatic N) is 3. The molecular weight excluding hydrogens is 407 g/mol. The van der Waals surface area contributed by atoms with Crippen molar-refractivity contribution < 1.29 is 9.47 Å². The highest BCUT2D eigenvalue weighted by atomic mass is 127. The number of ether oxygens (including phenoxy) is 2. The lowest BCUT2D eigenvalue weighted by molar-refractivity contribution is 0.0536. The van der Waals surface area contributed by atoms with Crippen molar-refractivity contribution in [2.24, 2.45) is 10.9 Å². The molecule has 1 atom stereocenters. The Bertz CT molecular complexity index is 351. The zero-order valence-electron chi connectivity index (χ0n) is 15.6. The number of likely N-dealkylation sites (N-methyl/N-ethyl adjacent to an activating group) is 1. The average Bonchev–Trinajstić information content (AvgIpc) is 2.93. The largest absolute Gasteiger partial charge is 0.382 e. The molecule has 138 valence electrons. The maximum Gasteiger partial charge on any atom is 0.193 e. The van der Waals surface area contributed by atoms with Crippen molar-refractivity contribution in [1.82, 2.24) is 15.1 Å². The summed E-state index contributed by atoms with van der Waals surface area (Å²) in [5, 5.41) is 3.50. The predicted octanol–water partition coefficient (Wildman–Crippen LogP) is 1.50. The highest BCUT2D eigenvalue weighted by Gasteiger charge is 2.27. The van der Waals surface area contributed by atoms with Crippen molar-refractivity contribution >= 4 is 29.9 Å². The summed E-state index contributed by atoms with van der Waals surface area (Å²) in [4.78, 5) is 8.98. The van der Waals surface area contributed by atoms with Gasteiger partial charge in [0.2, 0.25) is 0 Å². The summed E-state index contributed by atoms with van der Waals surface area (Å²) in [6.07, 6.45) is 1.16. The SMILES string of the molecule is CN=C(NCC(C)(C)N(C)C)N1CCC(COCCOC)C1.I. The van der Waals surface area contributed by atoms with Gasteiger partial charge in [-0.05, 0) is 34.4 Å². The molecule has 23 heavy (non-hydrogen) atoms. The van der Waals surface area contributed by atoms with Crippen molar-refractivity contribution in [2.75, 3.05) is 67.7 Å². The molecule has 0 amide bonds. The van der Waals surface area contributed by atoms with E-state index >= 15 is 0 Å². The molecule has 0 aliphatic carbocycles. The first-order chi connectivity index (χ1) is 10.4. The first kappa shape index (κ1) is 22.9. The average molecular weight is 442 g/mol. The standard InChI is InChI=1S/C16H34N4O2.HI/c1-16(2,19(4)5)13-18-15(17-3)20-8-7-14(11-20)12-22-10-9-21-6;/h14H,7-13H2,1-6H3,(H,17,18);1H. The Hall–Kier alpha value is -0.120. The summed E-state index contributed by atoms with van der Waals surface area (Å²) in [7, 11) is 7.76. The number of likely N-dealkylation sites (tertiary alicyclic amines) is 1. The Morgan fingerprint density at radius 2 is 2.04 bits per heavy atom. The quantitative estimate of drug-likeness (QED) is 0.267. The molecule has 0 radical (unpaired) electrons. The molecule has 1 rings (SSSR count). The Balaban J connectivity index is 0.00000484. The van der Waals surface area contributed by atoms with E-state index in [0.717, 1.165) is 38.6 Å². The van der Waals surface area contributed by atoms with E-state index in [4.69, 9.17) is 9.47 Å². The summed E-state index contributed by atoms with van der Waals surface area (Å²) >= 11 is 0. The van der Waals surface area contributed by atoms with Crippen LogP contribution in [0.2, 0.25) is 0 Å². The van der Waals surface area contributed by atoms with Crippen LogP contribution in [0.4, 0.5) is 0 Å². The van der Waals surface area contributed by atoms with E-state index in [1.807, 2.05) is 7.05 Å². The lowest BCUT2D eigenvalue weighted by Crippen LogP contribution is -2.51. The molecular formula is C16H35IN4O2. The molecule has 7 heteroatoms. The molecule has 0 spiro atoms. The van der Waals surface area contributed by atoms with Crippen molar-refractivity contribution in [3.05, 3.63) is 0 Å². The Kier molecular flexibility index (Phi) is 11.4. The van der Waals surface area contributed by atoms with Crippen LogP contribution in [0, 0.1) is 5.92 Å². The molecule has 1 heterocycles. The first-order valence-electron chi connectivity index (χ1n) is 8.10. The topological polar surface area (TPSA) is 49.3 Å². The second kappa shape index (κ2) is 11.4. The van der Waals surface area contributed by atoms with Gasteiger partial charge in [0, 0.05) is 45.2 Å². The van der Waals surface area contributed by atoms with Gasteiger partial charge in [-0.2, -0.15) is 0 Å². The fraction of sp³-hybridized carbons (Fsp3) is 0.938. The van der Waals surface area contributed by atoms with Crippen molar-refractivity contribution in [3.8, 4) is 0 Å². The predicted molar refractivity (Wildman–Crippen MR) is 107 cm³/mol. The van der Waals surface area contributed by atoms with Crippen molar-refractivity contribution in [3.63, 3.8) is 0 Å². The van der Waals surface area contributed by atoms with Gasteiger partial charge >= 0.3 is 0 Å². The number of guanidine groups is 1. The van der Waals surface area contributed by atoms with Crippen LogP contribution in [0.1, 0.15) is 20.3 Å². The Labute approximate surface area is 159 Å². The highest BCUT2D eigenvalue weighted by Crippen LogP contribution is 2.17. The lowest BCUT2D eigenvalue weighted by atomic mass is 10.0. The molecule has 0 aromatic rings. The van der Waals surface area contributed by atoms with Crippen LogP contribution < -0.4 is 5.32 Å². The molecule has 0 aromatic heterocycles. The zero-order chi connectivity index (χ0) is 16.6. The Morgan fingerprint density at radius 3 is 2.61 bits per heavy atom. The van der Waals surface area contributed by atoms with Crippen LogP contribution in [0.3, 0.4) is 0 Å². The molecule has 6 nitrogen and oxygen atoms in total. The highest BCUT2D eigenvalue weighted by molar-refractivity contribution is 14.0. The second-order valence-corrected chi connectivity index (χ2v) is 6.78. The molecule has 0 aromatic carbocycles. The van der Waals surface area contributed by atoms with E-state index in [-0.39, 0.29) is 29.5 Å². The molecule has 1 fully saturated rings. The van der Waals surface area contributed by atoms with E-state index in [2.05, 4.69) is 48.1 Å². The van der Waals surface area contributed by atoms with Gasteiger partial charge in [0.1, 0.15) is 0 Å². The smallest absolute Gasteiger partial charge is 0.193 e. The van der Waals surface area contributed by atoms with E-state index in [0.29, 0.717) is 19.1 Å². The fourth-order valence-electron chi connectivity index (χ4n) is 2.34. The molecule has 0 bridgehead atoms. The van der Waals surface area contributed by atoms with Gasteiger partial charge in [0.15, 0.2) is 5.96 Å². The number of aliphatic imine (C=N–C) groups is 1. The molecule has 1 aliphatic rings. The van der Waals surface area contributed by atoms with Gasteiger partial charge in [0.25, 0.3) is 0 Å². The summed E-state index contributed by atoms with van der Waals surface area (Å²) in [6.45, 7) is 9.53. The third-order valence-corrected chi connectivity index (χ3v) is 4.47. The number of hydrogen-bond acceptors (Lipinski definition) is 4. The number of nitrogens with one attached hydrogen (secondary N) is 1. The van der Waals surface area contributed by atoms with Gasteiger partial charge in [0.05, 0.1) is 19.8 Å². The molecule has 0 saturated carbocycles.